The Morgan fingerprint density at radius 2 is 2.13 bits per heavy atom. The molecule has 2 nitrogen and oxygen atoms in total. The molecule has 0 saturated heterocycles. The van der Waals surface area contributed by atoms with Crippen LogP contribution in [0.15, 0.2) is 18.2 Å². The van der Waals surface area contributed by atoms with Crippen molar-refractivity contribution in [3.8, 4) is 0 Å². The van der Waals surface area contributed by atoms with Crippen molar-refractivity contribution in [1.29, 1.82) is 0 Å². The molecule has 0 bridgehead atoms. The van der Waals surface area contributed by atoms with E-state index in [0.29, 0.717) is 15.6 Å². The molecule has 0 fully saturated rings. The Kier molecular flexibility index (Phi) is 4.30. The Morgan fingerprint density at radius 3 is 2.67 bits per heavy atom. The van der Waals surface area contributed by atoms with Crippen molar-refractivity contribution in [2.75, 3.05) is 0 Å². The number of hydrogen-bond donors (Lipinski definition) is 0. The molecule has 1 aromatic carbocycles. The van der Waals surface area contributed by atoms with Gasteiger partial charge < -0.3 is 4.79 Å². The Hall–Kier alpha value is -0.860. The van der Waals surface area contributed by atoms with Gasteiger partial charge in [0.25, 0.3) is 0 Å². The number of rotatable bonds is 4. The zero-order chi connectivity index (χ0) is 11.4. The van der Waals surface area contributed by atoms with Gasteiger partial charge in [-0.1, -0.05) is 30.1 Å². The lowest BCUT2D eigenvalue weighted by Crippen LogP contribution is -2.12. The van der Waals surface area contributed by atoms with Crippen LogP contribution in [0.1, 0.15) is 23.7 Å². The first kappa shape index (κ1) is 12.2. The molecule has 0 N–H and O–H groups in total. The minimum absolute atomic E-state index is 0.135. The van der Waals surface area contributed by atoms with Gasteiger partial charge in [0.2, 0.25) is 0 Å². The molecule has 1 atom stereocenters. The number of aldehydes is 1. The van der Waals surface area contributed by atoms with Crippen LogP contribution in [0.25, 0.3) is 0 Å². The highest BCUT2D eigenvalue weighted by Crippen LogP contribution is 2.23. The van der Waals surface area contributed by atoms with Crippen molar-refractivity contribution in [2.45, 2.75) is 13.3 Å². The van der Waals surface area contributed by atoms with Crippen LogP contribution in [0.2, 0.25) is 10.0 Å². The summed E-state index contributed by atoms with van der Waals surface area (Å²) in [5, 5.41) is 0.810. The number of ketones is 1. The van der Waals surface area contributed by atoms with E-state index in [9.17, 15) is 9.59 Å². The number of Topliss-reactive ketones (excluding diaryl/α,β-unsaturated/α-hetero) is 1. The third-order valence-corrected chi connectivity index (χ3v) is 2.64. The van der Waals surface area contributed by atoms with E-state index >= 15 is 0 Å². The first-order valence-corrected chi connectivity index (χ1v) is 5.24. The van der Waals surface area contributed by atoms with Crippen LogP contribution in [-0.4, -0.2) is 12.1 Å². The molecule has 15 heavy (non-hydrogen) atoms. The molecule has 1 rings (SSSR count). The van der Waals surface area contributed by atoms with E-state index in [0.717, 1.165) is 6.29 Å². The number of carbonyl (C=O) groups is 2. The van der Waals surface area contributed by atoms with E-state index in [1.54, 1.807) is 19.1 Å². The second kappa shape index (κ2) is 5.29. The summed E-state index contributed by atoms with van der Waals surface area (Å²) in [5.41, 5.74) is 0.412. The largest absolute Gasteiger partial charge is 0.303 e. The van der Waals surface area contributed by atoms with Gasteiger partial charge in [-0.05, 0) is 18.2 Å². The number of carbonyl (C=O) groups excluding carboxylic acids is 2. The molecular weight excluding hydrogens is 235 g/mol. The topological polar surface area (TPSA) is 34.1 Å². The summed E-state index contributed by atoms with van der Waals surface area (Å²) >= 11 is 11.6. The SMILES string of the molecule is CC(CC=O)C(=O)c1ccc(Cl)cc1Cl. The van der Waals surface area contributed by atoms with E-state index in [1.807, 2.05) is 0 Å². The molecule has 0 spiro atoms. The van der Waals surface area contributed by atoms with Crippen molar-refractivity contribution in [3.63, 3.8) is 0 Å². The fourth-order valence-electron chi connectivity index (χ4n) is 1.21. The van der Waals surface area contributed by atoms with Gasteiger partial charge in [-0.2, -0.15) is 0 Å². The average Bonchev–Trinajstić information content (AvgIpc) is 2.17. The van der Waals surface area contributed by atoms with Crippen LogP contribution in [0, 0.1) is 5.92 Å². The highest BCUT2D eigenvalue weighted by Gasteiger charge is 2.17. The minimum Gasteiger partial charge on any atom is -0.303 e. The van der Waals surface area contributed by atoms with Gasteiger partial charge in [0.15, 0.2) is 5.78 Å². The molecule has 0 aliphatic carbocycles. The van der Waals surface area contributed by atoms with Crippen molar-refractivity contribution in [2.24, 2.45) is 5.92 Å². The van der Waals surface area contributed by atoms with Gasteiger partial charge in [0.05, 0.1) is 5.02 Å². The molecule has 0 saturated carbocycles. The highest BCUT2D eigenvalue weighted by molar-refractivity contribution is 6.36. The lowest BCUT2D eigenvalue weighted by Gasteiger charge is -2.08. The molecule has 0 radical (unpaired) electrons. The van der Waals surface area contributed by atoms with E-state index < -0.39 is 0 Å². The Balaban J connectivity index is 2.96. The fraction of sp³-hybridized carbons (Fsp3) is 0.273. The van der Waals surface area contributed by atoms with E-state index in [1.165, 1.54) is 6.07 Å². The normalized spacial score (nSPS) is 12.2. The Bertz CT molecular complexity index is 388. The number of halogens is 2. The van der Waals surface area contributed by atoms with Crippen LogP contribution in [-0.2, 0) is 4.79 Å². The third-order valence-electron chi connectivity index (χ3n) is 2.09. The van der Waals surface area contributed by atoms with Gasteiger partial charge in [0, 0.05) is 22.9 Å². The molecule has 80 valence electrons. The molecule has 1 unspecified atom stereocenters. The summed E-state index contributed by atoms with van der Waals surface area (Å²) in [4.78, 5) is 22.1. The van der Waals surface area contributed by atoms with Crippen molar-refractivity contribution in [3.05, 3.63) is 33.8 Å². The van der Waals surface area contributed by atoms with E-state index in [2.05, 4.69) is 0 Å². The summed E-state index contributed by atoms with van der Waals surface area (Å²) in [6.07, 6.45) is 0.935. The van der Waals surface area contributed by atoms with Crippen molar-refractivity contribution < 1.29 is 9.59 Å². The second-order valence-electron chi connectivity index (χ2n) is 3.29. The Labute approximate surface area is 98.2 Å². The van der Waals surface area contributed by atoms with Gasteiger partial charge in [-0.15, -0.1) is 0 Å². The first-order chi connectivity index (χ1) is 7.06. The van der Waals surface area contributed by atoms with Gasteiger partial charge in [-0.3, -0.25) is 4.79 Å². The minimum atomic E-state index is -0.346. The van der Waals surface area contributed by atoms with Gasteiger partial charge in [-0.25, -0.2) is 0 Å². The maximum atomic E-state index is 11.8. The molecule has 4 heteroatoms. The first-order valence-electron chi connectivity index (χ1n) is 4.49. The smallest absolute Gasteiger partial charge is 0.167 e. The van der Waals surface area contributed by atoms with Crippen LogP contribution in [0.4, 0.5) is 0 Å². The number of benzene rings is 1. The molecule has 1 aromatic rings. The van der Waals surface area contributed by atoms with Crippen molar-refractivity contribution in [1.82, 2.24) is 0 Å². The fourth-order valence-corrected chi connectivity index (χ4v) is 1.71. The zero-order valence-corrected chi connectivity index (χ0v) is 9.68. The quantitative estimate of drug-likeness (QED) is 0.601. The lowest BCUT2D eigenvalue weighted by molar-refractivity contribution is -0.108. The summed E-state index contributed by atoms with van der Waals surface area (Å²) in [7, 11) is 0. The van der Waals surface area contributed by atoms with E-state index in [4.69, 9.17) is 23.2 Å². The predicted octanol–water partition coefficient (Wildman–Crippen LogP) is 3.40. The standard InChI is InChI=1S/C11H10Cl2O2/c1-7(4-5-14)11(15)9-3-2-8(12)6-10(9)13/h2-3,5-7H,4H2,1H3. The lowest BCUT2D eigenvalue weighted by atomic mass is 9.97. The number of hydrogen-bond acceptors (Lipinski definition) is 2. The van der Waals surface area contributed by atoms with E-state index in [-0.39, 0.29) is 18.1 Å². The average molecular weight is 245 g/mol. The molecular formula is C11H10Cl2O2. The second-order valence-corrected chi connectivity index (χ2v) is 4.14. The van der Waals surface area contributed by atoms with Gasteiger partial charge in [0.1, 0.15) is 6.29 Å². The summed E-state index contributed by atoms with van der Waals surface area (Å²) < 4.78 is 0. The monoisotopic (exact) mass is 244 g/mol. The summed E-state index contributed by atoms with van der Waals surface area (Å²) in [6, 6.07) is 4.70. The van der Waals surface area contributed by atoms with Crippen LogP contribution in [0.5, 0.6) is 0 Å². The molecule has 0 aromatic heterocycles. The van der Waals surface area contributed by atoms with Crippen LogP contribution in [0.3, 0.4) is 0 Å². The highest BCUT2D eigenvalue weighted by atomic mass is 35.5. The van der Waals surface area contributed by atoms with Crippen molar-refractivity contribution >= 4 is 35.3 Å². The maximum Gasteiger partial charge on any atom is 0.167 e. The Morgan fingerprint density at radius 1 is 1.47 bits per heavy atom. The van der Waals surface area contributed by atoms with Gasteiger partial charge >= 0.3 is 0 Å². The van der Waals surface area contributed by atoms with Crippen LogP contribution < -0.4 is 0 Å². The third kappa shape index (κ3) is 3.05. The molecule has 0 amide bonds. The zero-order valence-electron chi connectivity index (χ0n) is 8.17. The molecule has 0 heterocycles. The molecule has 0 aliphatic rings. The maximum absolute atomic E-state index is 11.8. The summed E-state index contributed by atoms with van der Waals surface area (Å²) in [5.74, 6) is -0.482. The predicted molar refractivity (Wildman–Crippen MR) is 60.6 cm³/mol. The van der Waals surface area contributed by atoms with Crippen LogP contribution >= 0.6 is 23.2 Å². The molecule has 0 aliphatic heterocycles. The summed E-state index contributed by atoms with van der Waals surface area (Å²) in [6.45, 7) is 1.70.